The third kappa shape index (κ3) is 2.21. The van der Waals surface area contributed by atoms with Crippen LogP contribution in [0.2, 0.25) is 0 Å². The Kier molecular flexibility index (Phi) is 3.22. The SMILES string of the molecule is Cc1noc(C2CCCN2S(=O)(=O)C(C)C)n1. The number of hydrogen-bond acceptors (Lipinski definition) is 5. The fourth-order valence-corrected chi connectivity index (χ4v) is 3.49. The van der Waals surface area contributed by atoms with Gasteiger partial charge in [-0.15, -0.1) is 0 Å². The molecule has 96 valence electrons. The Morgan fingerprint density at radius 1 is 1.47 bits per heavy atom. The number of aromatic nitrogens is 2. The number of nitrogens with zero attached hydrogens (tertiary/aromatic N) is 3. The third-order valence-corrected chi connectivity index (χ3v) is 5.24. The first-order valence-corrected chi connectivity index (χ1v) is 7.24. The third-order valence-electron chi connectivity index (χ3n) is 2.95. The van der Waals surface area contributed by atoms with Crippen molar-refractivity contribution in [1.29, 1.82) is 0 Å². The molecule has 0 aromatic carbocycles. The standard InChI is InChI=1S/C10H17N3O3S/c1-7(2)17(14,15)13-6-4-5-9(13)10-11-8(3)12-16-10/h7,9H,4-6H2,1-3H3. The monoisotopic (exact) mass is 259 g/mol. The minimum absolute atomic E-state index is 0.288. The van der Waals surface area contributed by atoms with Gasteiger partial charge in [0.1, 0.15) is 6.04 Å². The molecule has 1 atom stereocenters. The zero-order valence-electron chi connectivity index (χ0n) is 10.3. The summed E-state index contributed by atoms with van der Waals surface area (Å²) in [5.41, 5.74) is 0. The first kappa shape index (κ1) is 12.5. The molecule has 1 aromatic heterocycles. The molecule has 1 aromatic rings. The van der Waals surface area contributed by atoms with Crippen molar-refractivity contribution in [1.82, 2.24) is 14.4 Å². The molecule has 1 aliphatic heterocycles. The Balaban J connectivity index is 2.30. The molecule has 0 N–H and O–H groups in total. The van der Waals surface area contributed by atoms with Gasteiger partial charge in [0, 0.05) is 6.54 Å². The highest BCUT2D eigenvalue weighted by Crippen LogP contribution is 2.34. The minimum atomic E-state index is -3.26. The van der Waals surface area contributed by atoms with Crippen LogP contribution in [0.25, 0.3) is 0 Å². The van der Waals surface area contributed by atoms with Gasteiger partial charge in [0.25, 0.3) is 0 Å². The van der Waals surface area contributed by atoms with Crippen LogP contribution in [0.4, 0.5) is 0 Å². The molecule has 1 aliphatic rings. The molecule has 1 saturated heterocycles. The molecule has 0 aliphatic carbocycles. The normalized spacial score (nSPS) is 22.5. The van der Waals surface area contributed by atoms with Crippen molar-refractivity contribution in [3.05, 3.63) is 11.7 Å². The molecule has 0 saturated carbocycles. The van der Waals surface area contributed by atoms with Gasteiger partial charge in [-0.25, -0.2) is 8.42 Å². The van der Waals surface area contributed by atoms with E-state index in [1.165, 1.54) is 4.31 Å². The van der Waals surface area contributed by atoms with E-state index in [0.29, 0.717) is 18.3 Å². The second-order valence-corrected chi connectivity index (χ2v) is 6.98. The molecular weight excluding hydrogens is 242 g/mol. The zero-order valence-corrected chi connectivity index (χ0v) is 11.1. The number of hydrogen-bond donors (Lipinski definition) is 0. The summed E-state index contributed by atoms with van der Waals surface area (Å²) in [7, 11) is -3.26. The summed E-state index contributed by atoms with van der Waals surface area (Å²) < 4.78 is 30.9. The van der Waals surface area contributed by atoms with E-state index in [0.717, 1.165) is 12.8 Å². The predicted octanol–water partition coefficient (Wildman–Crippen LogP) is 1.25. The lowest BCUT2D eigenvalue weighted by molar-refractivity contribution is 0.288. The highest BCUT2D eigenvalue weighted by atomic mass is 32.2. The Hall–Kier alpha value is -0.950. The van der Waals surface area contributed by atoms with E-state index in [1.807, 2.05) is 0 Å². The van der Waals surface area contributed by atoms with Gasteiger partial charge in [0.2, 0.25) is 15.9 Å². The Morgan fingerprint density at radius 2 is 2.18 bits per heavy atom. The van der Waals surface area contributed by atoms with E-state index in [1.54, 1.807) is 20.8 Å². The quantitative estimate of drug-likeness (QED) is 0.816. The van der Waals surface area contributed by atoms with Gasteiger partial charge < -0.3 is 4.52 Å². The second-order valence-electron chi connectivity index (χ2n) is 4.54. The highest BCUT2D eigenvalue weighted by Gasteiger charge is 2.39. The maximum atomic E-state index is 12.2. The molecule has 0 spiro atoms. The zero-order chi connectivity index (χ0) is 12.6. The van der Waals surface area contributed by atoms with Crippen LogP contribution < -0.4 is 0 Å². The Labute approximate surface area is 101 Å². The number of rotatable bonds is 3. The van der Waals surface area contributed by atoms with E-state index >= 15 is 0 Å². The van der Waals surface area contributed by atoms with Crippen molar-refractivity contribution in [3.8, 4) is 0 Å². The van der Waals surface area contributed by atoms with Crippen LogP contribution in [0.5, 0.6) is 0 Å². The lowest BCUT2D eigenvalue weighted by Gasteiger charge is -2.23. The smallest absolute Gasteiger partial charge is 0.245 e. The summed E-state index contributed by atoms with van der Waals surface area (Å²) in [5, 5.41) is 3.29. The first-order valence-electron chi connectivity index (χ1n) is 5.74. The van der Waals surface area contributed by atoms with E-state index < -0.39 is 15.3 Å². The fraction of sp³-hybridized carbons (Fsp3) is 0.800. The van der Waals surface area contributed by atoms with Crippen LogP contribution in [0, 0.1) is 6.92 Å². The van der Waals surface area contributed by atoms with Crippen molar-refractivity contribution in [3.63, 3.8) is 0 Å². The van der Waals surface area contributed by atoms with Crippen LogP contribution in [-0.2, 0) is 10.0 Å². The van der Waals surface area contributed by atoms with Crippen LogP contribution in [0.3, 0.4) is 0 Å². The van der Waals surface area contributed by atoms with E-state index in [-0.39, 0.29) is 6.04 Å². The predicted molar refractivity (Wildman–Crippen MR) is 61.8 cm³/mol. The minimum Gasteiger partial charge on any atom is -0.338 e. The molecule has 0 bridgehead atoms. The second kappa shape index (κ2) is 4.38. The summed E-state index contributed by atoms with van der Waals surface area (Å²) in [4.78, 5) is 4.13. The van der Waals surface area contributed by atoms with Crippen LogP contribution in [-0.4, -0.2) is 34.7 Å². The van der Waals surface area contributed by atoms with E-state index in [2.05, 4.69) is 10.1 Å². The summed E-state index contributed by atoms with van der Waals surface area (Å²) >= 11 is 0. The molecule has 1 fully saturated rings. The largest absolute Gasteiger partial charge is 0.338 e. The molecule has 7 heteroatoms. The summed E-state index contributed by atoms with van der Waals surface area (Å²) in [6.45, 7) is 5.63. The van der Waals surface area contributed by atoms with Gasteiger partial charge in [-0.2, -0.15) is 9.29 Å². The van der Waals surface area contributed by atoms with Crippen molar-refractivity contribution >= 4 is 10.0 Å². The maximum Gasteiger partial charge on any atom is 0.245 e. The van der Waals surface area contributed by atoms with Gasteiger partial charge in [-0.3, -0.25) is 0 Å². The average Bonchev–Trinajstić information content (AvgIpc) is 2.84. The van der Waals surface area contributed by atoms with Crippen molar-refractivity contribution < 1.29 is 12.9 Å². The topological polar surface area (TPSA) is 76.3 Å². The van der Waals surface area contributed by atoms with Crippen molar-refractivity contribution in [2.45, 2.75) is 44.9 Å². The van der Waals surface area contributed by atoms with E-state index in [9.17, 15) is 8.42 Å². The van der Waals surface area contributed by atoms with Gasteiger partial charge >= 0.3 is 0 Å². The van der Waals surface area contributed by atoms with Gasteiger partial charge in [0.15, 0.2) is 5.82 Å². The molecule has 17 heavy (non-hydrogen) atoms. The Morgan fingerprint density at radius 3 is 2.71 bits per heavy atom. The number of sulfonamides is 1. The molecule has 6 nitrogen and oxygen atoms in total. The molecule has 0 amide bonds. The fourth-order valence-electron chi connectivity index (χ4n) is 2.01. The van der Waals surface area contributed by atoms with Crippen LogP contribution in [0.1, 0.15) is 44.4 Å². The molecule has 2 rings (SSSR count). The summed E-state index contributed by atoms with van der Waals surface area (Å²) in [5.74, 6) is 0.943. The van der Waals surface area contributed by atoms with Crippen molar-refractivity contribution in [2.24, 2.45) is 0 Å². The molecular formula is C10H17N3O3S. The highest BCUT2D eigenvalue weighted by molar-refractivity contribution is 7.89. The van der Waals surface area contributed by atoms with Crippen LogP contribution >= 0.6 is 0 Å². The average molecular weight is 259 g/mol. The van der Waals surface area contributed by atoms with Gasteiger partial charge in [0.05, 0.1) is 5.25 Å². The molecule has 2 heterocycles. The lowest BCUT2D eigenvalue weighted by atomic mass is 10.2. The van der Waals surface area contributed by atoms with Gasteiger partial charge in [-0.05, 0) is 33.6 Å². The maximum absolute atomic E-state index is 12.2. The Bertz CT molecular complexity index is 495. The van der Waals surface area contributed by atoms with Crippen molar-refractivity contribution in [2.75, 3.05) is 6.54 Å². The summed E-state index contributed by atoms with van der Waals surface area (Å²) in [6.07, 6.45) is 1.58. The molecule has 1 unspecified atom stereocenters. The van der Waals surface area contributed by atoms with E-state index in [4.69, 9.17) is 4.52 Å². The lowest BCUT2D eigenvalue weighted by Crippen LogP contribution is -2.36. The van der Waals surface area contributed by atoms with Gasteiger partial charge in [-0.1, -0.05) is 5.16 Å². The molecule has 0 radical (unpaired) electrons. The first-order chi connectivity index (χ1) is 7.93. The van der Waals surface area contributed by atoms with Crippen LogP contribution in [0.15, 0.2) is 4.52 Å². The number of aryl methyl sites for hydroxylation is 1. The summed E-state index contributed by atoms with van der Waals surface area (Å²) in [6, 6.07) is -0.288.